The lowest BCUT2D eigenvalue weighted by molar-refractivity contribution is 0.0682. The Morgan fingerprint density at radius 2 is 1.95 bits per heavy atom. The predicted octanol–water partition coefficient (Wildman–Crippen LogP) is 3.23. The summed E-state index contributed by atoms with van der Waals surface area (Å²) in [7, 11) is 1.63. The molecule has 0 atom stereocenters. The largest absolute Gasteiger partial charge is 0.383 e. The van der Waals surface area contributed by atoms with Crippen molar-refractivity contribution in [2.45, 2.75) is 18.9 Å². The van der Waals surface area contributed by atoms with Gasteiger partial charge in [-0.3, -0.25) is 4.79 Å². The fourth-order valence-electron chi connectivity index (χ4n) is 2.63. The number of ether oxygens (including phenoxy) is 1. The van der Waals surface area contributed by atoms with Crippen LogP contribution in [0.4, 0.5) is 4.39 Å². The van der Waals surface area contributed by atoms with Crippen molar-refractivity contribution in [2.24, 2.45) is 0 Å². The molecular formula is C17H18FNO2. The Balaban J connectivity index is 1.98. The topological polar surface area (TPSA) is 29.5 Å². The highest BCUT2D eigenvalue weighted by Gasteiger charge is 2.33. The van der Waals surface area contributed by atoms with E-state index in [0.29, 0.717) is 35.5 Å². The van der Waals surface area contributed by atoms with Crippen LogP contribution >= 0.6 is 0 Å². The van der Waals surface area contributed by atoms with Crippen LogP contribution in [-0.4, -0.2) is 37.1 Å². The minimum absolute atomic E-state index is 0.0363. The molecule has 1 saturated carbocycles. The molecule has 1 aliphatic rings. The lowest BCUT2D eigenvalue weighted by atomic mass is 10.0. The van der Waals surface area contributed by atoms with Crippen LogP contribution in [-0.2, 0) is 4.74 Å². The van der Waals surface area contributed by atoms with Gasteiger partial charge in [0.2, 0.25) is 0 Å². The maximum Gasteiger partial charge on any atom is 0.254 e. The average molecular weight is 287 g/mol. The molecule has 0 heterocycles. The van der Waals surface area contributed by atoms with Gasteiger partial charge in [-0.05, 0) is 30.4 Å². The molecular weight excluding hydrogens is 269 g/mol. The first-order valence-electron chi connectivity index (χ1n) is 7.19. The molecule has 3 rings (SSSR count). The van der Waals surface area contributed by atoms with Crippen molar-refractivity contribution in [1.82, 2.24) is 4.90 Å². The van der Waals surface area contributed by atoms with E-state index >= 15 is 0 Å². The van der Waals surface area contributed by atoms with Crippen LogP contribution in [0.5, 0.6) is 0 Å². The standard InChI is InChI=1S/C17H18FNO2/c1-21-11-10-19(12-6-7-12)17(20)15-8-9-16(18)14-5-3-2-4-13(14)15/h2-5,8-9,12H,6-7,10-11H2,1H3. The lowest BCUT2D eigenvalue weighted by Crippen LogP contribution is -2.36. The zero-order chi connectivity index (χ0) is 14.8. The molecule has 21 heavy (non-hydrogen) atoms. The minimum atomic E-state index is -0.294. The van der Waals surface area contributed by atoms with Crippen molar-refractivity contribution < 1.29 is 13.9 Å². The van der Waals surface area contributed by atoms with Crippen LogP contribution in [0.2, 0.25) is 0 Å². The highest BCUT2D eigenvalue weighted by atomic mass is 19.1. The lowest BCUT2D eigenvalue weighted by Gasteiger charge is -2.23. The molecule has 0 aliphatic heterocycles. The molecule has 110 valence electrons. The van der Waals surface area contributed by atoms with E-state index in [4.69, 9.17) is 4.74 Å². The number of amides is 1. The van der Waals surface area contributed by atoms with Crippen LogP contribution in [0.1, 0.15) is 23.2 Å². The van der Waals surface area contributed by atoms with E-state index in [1.54, 1.807) is 31.4 Å². The quantitative estimate of drug-likeness (QED) is 0.845. The summed E-state index contributed by atoms with van der Waals surface area (Å²) in [5.41, 5.74) is 0.565. The van der Waals surface area contributed by atoms with E-state index in [1.165, 1.54) is 6.07 Å². The number of hydrogen-bond donors (Lipinski definition) is 0. The maximum absolute atomic E-state index is 13.9. The molecule has 1 aliphatic carbocycles. The van der Waals surface area contributed by atoms with Crippen molar-refractivity contribution in [3.63, 3.8) is 0 Å². The van der Waals surface area contributed by atoms with Crippen molar-refractivity contribution >= 4 is 16.7 Å². The molecule has 1 fully saturated rings. The Morgan fingerprint density at radius 3 is 2.62 bits per heavy atom. The van der Waals surface area contributed by atoms with Crippen LogP contribution in [0.15, 0.2) is 36.4 Å². The second-order valence-corrected chi connectivity index (χ2v) is 5.36. The average Bonchev–Trinajstić information content (AvgIpc) is 3.33. The van der Waals surface area contributed by atoms with Gasteiger partial charge in [0.15, 0.2) is 0 Å². The van der Waals surface area contributed by atoms with Crippen LogP contribution in [0.3, 0.4) is 0 Å². The first kappa shape index (κ1) is 14.0. The molecule has 3 nitrogen and oxygen atoms in total. The van der Waals surface area contributed by atoms with Gasteiger partial charge in [-0.15, -0.1) is 0 Å². The smallest absolute Gasteiger partial charge is 0.254 e. The molecule has 0 bridgehead atoms. The van der Waals surface area contributed by atoms with Gasteiger partial charge in [0.05, 0.1) is 6.61 Å². The molecule has 0 aromatic heterocycles. The number of carbonyl (C=O) groups is 1. The molecule has 0 unspecified atom stereocenters. The van der Waals surface area contributed by atoms with Crippen molar-refractivity contribution in [1.29, 1.82) is 0 Å². The second-order valence-electron chi connectivity index (χ2n) is 5.36. The van der Waals surface area contributed by atoms with Gasteiger partial charge < -0.3 is 9.64 Å². The summed E-state index contributed by atoms with van der Waals surface area (Å²) in [5, 5.41) is 1.16. The molecule has 0 saturated heterocycles. The summed E-state index contributed by atoms with van der Waals surface area (Å²) >= 11 is 0. The molecule has 4 heteroatoms. The number of benzene rings is 2. The van der Waals surface area contributed by atoms with Crippen molar-refractivity contribution in [3.8, 4) is 0 Å². The summed E-state index contributed by atoms with van der Waals surface area (Å²) in [4.78, 5) is 14.7. The molecule has 1 amide bonds. The highest BCUT2D eigenvalue weighted by Crippen LogP contribution is 2.30. The van der Waals surface area contributed by atoms with Crippen molar-refractivity contribution in [3.05, 3.63) is 47.8 Å². The third-order valence-electron chi connectivity index (χ3n) is 3.89. The summed E-state index contributed by atoms with van der Waals surface area (Å²) in [5.74, 6) is -0.331. The maximum atomic E-state index is 13.9. The predicted molar refractivity (Wildman–Crippen MR) is 79.8 cm³/mol. The minimum Gasteiger partial charge on any atom is -0.383 e. The number of halogens is 1. The van der Waals surface area contributed by atoms with Gasteiger partial charge in [0, 0.05) is 30.6 Å². The summed E-state index contributed by atoms with van der Waals surface area (Å²) < 4.78 is 18.9. The van der Waals surface area contributed by atoms with E-state index in [1.807, 2.05) is 11.0 Å². The van der Waals surface area contributed by atoms with E-state index in [9.17, 15) is 9.18 Å². The van der Waals surface area contributed by atoms with E-state index in [0.717, 1.165) is 12.8 Å². The number of rotatable bonds is 5. The Kier molecular flexibility index (Phi) is 3.88. The van der Waals surface area contributed by atoms with Gasteiger partial charge >= 0.3 is 0 Å². The highest BCUT2D eigenvalue weighted by molar-refractivity contribution is 6.07. The first-order chi connectivity index (χ1) is 10.2. The number of nitrogens with zero attached hydrogens (tertiary/aromatic N) is 1. The Bertz CT molecular complexity index is 667. The summed E-state index contributed by atoms with van der Waals surface area (Å²) in [6, 6.07) is 10.4. The van der Waals surface area contributed by atoms with Crippen molar-refractivity contribution in [2.75, 3.05) is 20.3 Å². The number of hydrogen-bond acceptors (Lipinski definition) is 2. The van der Waals surface area contributed by atoms with E-state index < -0.39 is 0 Å². The normalized spacial score (nSPS) is 14.4. The molecule has 0 radical (unpaired) electrons. The van der Waals surface area contributed by atoms with Crippen LogP contribution in [0, 0.1) is 5.82 Å². The molecule has 0 N–H and O–H groups in total. The number of carbonyl (C=O) groups excluding carboxylic acids is 1. The first-order valence-corrected chi connectivity index (χ1v) is 7.19. The summed E-state index contributed by atoms with van der Waals surface area (Å²) in [6.45, 7) is 1.09. The number of methoxy groups -OCH3 is 1. The fourth-order valence-corrected chi connectivity index (χ4v) is 2.63. The van der Waals surface area contributed by atoms with E-state index in [2.05, 4.69) is 0 Å². The Labute approximate surface area is 123 Å². The van der Waals surface area contributed by atoms with Crippen LogP contribution in [0.25, 0.3) is 10.8 Å². The molecule has 2 aromatic carbocycles. The fraction of sp³-hybridized carbons (Fsp3) is 0.353. The number of fused-ring (bicyclic) bond motifs is 1. The van der Waals surface area contributed by atoms with Gasteiger partial charge in [-0.1, -0.05) is 24.3 Å². The van der Waals surface area contributed by atoms with Gasteiger partial charge in [-0.2, -0.15) is 0 Å². The summed E-state index contributed by atoms with van der Waals surface area (Å²) in [6.07, 6.45) is 2.07. The molecule has 2 aromatic rings. The Morgan fingerprint density at radius 1 is 1.24 bits per heavy atom. The Hall–Kier alpha value is -1.94. The van der Waals surface area contributed by atoms with Gasteiger partial charge in [0.1, 0.15) is 5.82 Å². The van der Waals surface area contributed by atoms with Gasteiger partial charge in [-0.25, -0.2) is 4.39 Å². The van der Waals surface area contributed by atoms with E-state index in [-0.39, 0.29) is 11.7 Å². The second kappa shape index (κ2) is 5.82. The zero-order valence-corrected chi connectivity index (χ0v) is 12.0. The zero-order valence-electron chi connectivity index (χ0n) is 12.0. The van der Waals surface area contributed by atoms with Gasteiger partial charge in [0.25, 0.3) is 5.91 Å². The SMILES string of the molecule is COCCN(C(=O)c1ccc(F)c2ccccc12)C1CC1. The monoisotopic (exact) mass is 287 g/mol. The molecule has 0 spiro atoms. The van der Waals surface area contributed by atoms with Crippen LogP contribution < -0.4 is 0 Å². The third kappa shape index (κ3) is 2.76. The third-order valence-corrected chi connectivity index (χ3v) is 3.89.